The lowest BCUT2D eigenvalue weighted by atomic mass is 9.94. The molecule has 2 aromatic carbocycles. The summed E-state index contributed by atoms with van der Waals surface area (Å²) in [5, 5.41) is 10.7. The number of aromatic nitrogens is 1. The Labute approximate surface area is 152 Å². The van der Waals surface area contributed by atoms with E-state index in [0.717, 1.165) is 22.0 Å². The number of aromatic amines is 1. The van der Waals surface area contributed by atoms with Crippen LogP contribution < -0.4 is 0 Å². The quantitative estimate of drug-likeness (QED) is 0.541. The molecule has 136 valence electrons. The third-order valence-corrected chi connectivity index (χ3v) is 7.36. The van der Waals surface area contributed by atoms with Crippen molar-refractivity contribution in [2.24, 2.45) is 5.92 Å². The van der Waals surface area contributed by atoms with Gasteiger partial charge in [0.05, 0.1) is 5.92 Å². The van der Waals surface area contributed by atoms with Crippen molar-refractivity contribution >= 4 is 24.2 Å². The zero-order valence-electron chi connectivity index (χ0n) is 14.5. The molecule has 0 saturated carbocycles. The molecule has 3 atom stereocenters. The number of rotatable bonds is 7. The number of carbonyl (C=O) groups is 1. The van der Waals surface area contributed by atoms with E-state index in [0.29, 0.717) is 0 Å². The fourth-order valence-electron chi connectivity index (χ4n) is 3.30. The lowest BCUT2D eigenvalue weighted by molar-refractivity contribution is -0.141. The first-order chi connectivity index (χ1) is 12.4. The minimum Gasteiger partial charge on any atom is -0.481 e. The second kappa shape index (κ2) is 7.48. The fraction of sp³-hybridized carbons (Fsp3) is 0.250. The summed E-state index contributed by atoms with van der Waals surface area (Å²) in [5.41, 5.74) is 1.68. The summed E-state index contributed by atoms with van der Waals surface area (Å²) in [4.78, 5) is 25.6. The van der Waals surface area contributed by atoms with E-state index < -0.39 is 24.9 Å². The van der Waals surface area contributed by atoms with Gasteiger partial charge < -0.3 is 15.0 Å². The summed E-state index contributed by atoms with van der Waals surface area (Å²) < 4.78 is 12.9. The monoisotopic (exact) mass is 371 g/mol. The van der Waals surface area contributed by atoms with E-state index in [1.165, 1.54) is 0 Å². The smallest absolute Gasteiger partial charge is 0.307 e. The van der Waals surface area contributed by atoms with E-state index in [1.54, 1.807) is 37.4 Å². The van der Waals surface area contributed by atoms with Gasteiger partial charge in [-0.1, -0.05) is 49.4 Å². The van der Waals surface area contributed by atoms with Crippen molar-refractivity contribution in [2.75, 3.05) is 0 Å². The number of fused-ring (bicyclic) bond motifs is 1. The lowest BCUT2D eigenvalue weighted by Gasteiger charge is -2.25. The molecule has 1 aromatic heterocycles. The van der Waals surface area contributed by atoms with Crippen LogP contribution in [0.4, 0.5) is 0 Å². The Morgan fingerprint density at radius 2 is 1.85 bits per heavy atom. The summed E-state index contributed by atoms with van der Waals surface area (Å²) >= 11 is 0. The first-order valence-electron chi connectivity index (χ1n) is 8.51. The standard InChI is InChI=1S/C20H22NO4P/c1-14(26(24,25)13-15-6-3-2-4-7-15)18(20(22)23)12-16-8-5-9-19-17(16)10-11-21-19/h2-11,14,18,21H,12-13H2,1H3,(H,22,23)(H,24,25). The van der Waals surface area contributed by atoms with Gasteiger partial charge in [-0.15, -0.1) is 0 Å². The van der Waals surface area contributed by atoms with Gasteiger partial charge in [0, 0.05) is 28.9 Å². The summed E-state index contributed by atoms with van der Waals surface area (Å²) in [6.07, 6.45) is 2.00. The molecule has 0 spiro atoms. The topological polar surface area (TPSA) is 90.4 Å². The molecule has 3 aromatic rings. The molecule has 0 aliphatic carbocycles. The van der Waals surface area contributed by atoms with Gasteiger partial charge in [0.1, 0.15) is 0 Å². The summed E-state index contributed by atoms with van der Waals surface area (Å²) in [6, 6.07) is 16.6. The Hall–Kier alpha value is -2.36. The molecule has 6 heteroatoms. The Morgan fingerprint density at radius 1 is 1.12 bits per heavy atom. The highest BCUT2D eigenvalue weighted by molar-refractivity contribution is 7.58. The fourth-order valence-corrected chi connectivity index (χ4v) is 5.12. The molecule has 0 bridgehead atoms. The van der Waals surface area contributed by atoms with Gasteiger partial charge in [0.25, 0.3) is 0 Å². The number of carboxylic acid groups (broad SMARTS) is 1. The average molecular weight is 371 g/mol. The van der Waals surface area contributed by atoms with Gasteiger partial charge >= 0.3 is 5.97 Å². The Bertz CT molecular complexity index is 951. The Morgan fingerprint density at radius 3 is 2.54 bits per heavy atom. The van der Waals surface area contributed by atoms with Gasteiger partial charge in [-0.25, -0.2) is 0 Å². The maximum atomic E-state index is 12.9. The minimum absolute atomic E-state index is 0.0207. The molecule has 5 nitrogen and oxygen atoms in total. The second-order valence-electron chi connectivity index (χ2n) is 6.64. The first-order valence-corrected chi connectivity index (χ1v) is 10.4. The molecule has 0 fully saturated rings. The molecule has 0 radical (unpaired) electrons. The predicted molar refractivity (Wildman–Crippen MR) is 103 cm³/mol. The van der Waals surface area contributed by atoms with Crippen molar-refractivity contribution in [1.82, 2.24) is 4.98 Å². The first kappa shape index (κ1) is 18.4. The van der Waals surface area contributed by atoms with Crippen molar-refractivity contribution in [3.8, 4) is 0 Å². The highest BCUT2D eigenvalue weighted by atomic mass is 31.2. The van der Waals surface area contributed by atoms with E-state index in [2.05, 4.69) is 4.98 Å². The van der Waals surface area contributed by atoms with Crippen LogP contribution in [0.5, 0.6) is 0 Å². The average Bonchev–Trinajstić information content (AvgIpc) is 3.08. The Kier molecular flexibility index (Phi) is 5.30. The molecule has 3 unspecified atom stereocenters. The van der Waals surface area contributed by atoms with E-state index in [4.69, 9.17) is 0 Å². The van der Waals surface area contributed by atoms with Crippen molar-refractivity contribution in [2.45, 2.75) is 25.2 Å². The molecular weight excluding hydrogens is 349 g/mol. The molecule has 1 heterocycles. The van der Waals surface area contributed by atoms with Gasteiger partial charge in [0.15, 0.2) is 0 Å². The largest absolute Gasteiger partial charge is 0.481 e. The van der Waals surface area contributed by atoms with Crippen LogP contribution in [0.2, 0.25) is 0 Å². The number of aliphatic carboxylic acids is 1. The van der Waals surface area contributed by atoms with E-state index in [-0.39, 0.29) is 12.6 Å². The molecule has 0 aliphatic heterocycles. The highest BCUT2D eigenvalue weighted by Gasteiger charge is 2.38. The van der Waals surface area contributed by atoms with Gasteiger partial charge in [-0.3, -0.25) is 9.36 Å². The lowest BCUT2D eigenvalue weighted by Crippen LogP contribution is -2.28. The molecule has 0 saturated heterocycles. The van der Waals surface area contributed by atoms with Crippen molar-refractivity contribution in [1.29, 1.82) is 0 Å². The number of hydrogen-bond donors (Lipinski definition) is 3. The second-order valence-corrected chi connectivity index (χ2v) is 9.29. The number of nitrogens with one attached hydrogen (secondary N) is 1. The normalized spacial score (nSPS) is 16.1. The molecule has 0 amide bonds. The van der Waals surface area contributed by atoms with Crippen molar-refractivity contribution in [3.63, 3.8) is 0 Å². The minimum atomic E-state index is -3.69. The van der Waals surface area contributed by atoms with Gasteiger partial charge in [0.2, 0.25) is 7.37 Å². The number of benzene rings is 2. The van der Waals surface area contributed by atoms with Crippen LogP contribution in [0.15, 0.2) is 60.8 Å². The third kappa shape index (κ3) is 3.90. The highest BCUT2D eigenvalue weighted by Crippen LogP contribution is 2.52. The van der Waals surface area contributed by atoms with Crippen LogP contribution in [0.1, 0.15) is 18.1 Å². The van der Waals surface area contributed by atoms with Crippen LogP contribution in [-0.2, 0) is 21.9 Å². The van der Waals surface area contributed by atoms with Crippen molar-refractivity contribution in [3.05, 3.63) is 71.9 Å². The molecule has 3 rings (SSSR count). The van der Waals surface area contributed by atoms with Gasteiger partial charge in [-0.2, -0.15) is 0 Å². The molecule has 26 heavy (non-hydrogen) atoms. The van der Waals surface area contributed by atoms with Gasteiger partial charge in [-0.05, 0) is 29.7 Å². The number of H-pyrrole nitrogens is 1. The van der Waals surface area contributed by atoms with Crippen LogP contribution in [0.25, 0.3) is 10.9 Å². The molecular formula is C20H22NO4P. The zero-order chi connectivity index (χ0) is 18.7. The third-order valence-electron chi connectivity index (χ3n) is 4.91. The maximum Gasteiger partial charge on any atom is 0.307 e. The summed E-state index contributed by atoms with van der Waals surface area (Å²) in [6.45, 7) is 1.57. The number of carboxylic acids is 1. The SMILES string of the molecule is CC(C(Cc1cccc2[nH]ccc12)C(=O)O)P(=O)(O)Cc1ccccc1. The van der Waals surface area contributed by atoms with E-state index in [1.807, 2.05) is 30.3 Å². The Balaban J connectivity index is 1.86. The zero-order valence-corrected chi connectivity index (χ0v) is 15.4. The van der Waals surface area contributed by atoms with Crippen LogP contribution in [0, 0.1) is 5.92 Å². The van der Waals surface area contributed by atoms with Crippen LogP contribution >= 0.6 is 7.37 Å². The van der Waals surface area contributed by atoms with Crippen LogP contribution in [-0.4, -0.2) is 26.6 Å². The van der Waals surface area contributed by atoms with E-state index in [9.17, 15) is 19.4 Å². The van der Waals surface area contributed by atoms with E-state index >= 15 is 0 Å². The molecule has 3 N–H and O–H groups in total. The molecule has 0 aliphatic rings. The summed E-state index contributed by atoms with van der Waals surface area (Å²) in [7, 11) is -3.69. The maximum absolute atomic E-state index is 12.9. The summed E-state index contributed by atoms with van der Waals surface area (Å²) in [5.74, 6) is -1.98. The predicted octanol–water partition coefficient (Wildman–Crippen LogP) is 4.27. The number of hydrogen-bond acceptors (Lipinski definition) is 2. The van der Waals surface area contributed by atoms with Crippen LogP contribution in [0.3, 0.4) is 0 Å². The van der Waals surface area contributed by atoms with Crippen molar-refractivity contribution < 1.29 is 19.4 Å².